The fourth-order valence-electron chi connectivity index (χ4n) is 1.87. The van der Waals surface area contributed by atoms with E-state index in [1.165, 1.54) is 23.6 Å². The number of rotatable bonds is 8. The summed E-state index contributed by atoms with van der Waals surface area (Å²) in [4.78, 5) is 27.5. The highest BCUT2D eigenvalue weighted by Gasteiger charge is 2.08. The quantitative estimate of drug-likeness (QED) is 0.753. The molecule has 5 nitrogen and oxygen atoms in total. The van der Waals surface area contributed by atoms with Crippen molar-refractivity contribution in [3.05, 3.63) is 50.6 Å². The molecule has 1 N–H and O–H groups in total. The van der Waals surface area contributed by atoms with Crippen LogP contribution in [-0.2, 0) is 22.6 Å². The van der Waals surface area contributed by atoms with E-state index in [2.05, 4.69) is 18.8 Å². The fraction of sp³-hybridized carbons (Fsp3) is 0.412. The first-order valence-corrected chi connectivity index (χ1v) is 8.45. The van der Waals surface area contributed by atoms with Crippen LogP contribution in [0.1, 0.15) is 30.8 Å². The van der Waals surface area contributed by atoms with Crippen LogP contribution in [0.15, 0.2) is 34.6 Å². The second kappa shape index (κ2) is 8.53. The largest absolute Gasteiger partial charge is 0.488 e. The van der Waals surface area contributed by atoms with E-state index < -0.39 is 0 Å². The fourth-order valence-corrected chi connectivity index (χ4v) is 2.56. The predicted molar refractivity (Wildman–Crippen MR) is 89.8 cm³/mol. The number of H-pyrrole nitrogens is 1. The van der Waals surface area contributed by atoms with E-state index >= 15 is 0 Å². The van der Waals surface area contributed by atoms with Crippen LogP contribution in [-0.4, -0.2) is 17.6 Å². The molecular weight excluding hydrogens is 314 g/mol. The molecule has 2 aromatic heterocycles. The first kappa shape index (κ1) is 17.3. The summed E-state index contributed by atoms with van der Waals surface area (Å²) in [6.07, 6.45) is 2.66. The lowest BCUT2D eigenvalue weighted by atomic mass is 10.1. The zero-order chi connectivity index (χ0) is 16.7. The van der Waals surface area contributed by atoms with Crippen molar-refractivity contribution < 1.29 is 14.3 Å². The van der Waals surface area contributed by atoms with E-state index in [0.717, 1.165) is 11.3 Å². The van der Waals surface area contributed by atoms with Crippen molar-refractivity contribution >= 4 is 17.3 Å². The van der Waals surface area contributed by atoms with Gasteiger partial charge in [-0.3, -0.25) is 9.59 Å². The zero-order valence-electron chi connectivity index (χ0n) is 13.3. The molecule has 0 aliphatic carbocycles. The highest BCUT2D eigenvalue weighted by Crippen LogP contribution is 2.10. The summed E-state index contributed by atoms with van der Waals surface area (Å²) < 4.78 is 10.6. The molecular formula is C17H21NO4S. The lowest BCUT2D eigenvalue weighted by Crippen LogP contribution is -2.13. The molecule has 0 aliphatic heterocycles. The molecule has 0 spiro atoms. The lowest BCUT2D eigenvalue weighted by molar-refractivity contribution is -0.144. The maximum Gasteiger partial charge on any atom is 0.311 e. The molecule has 2 rings (SSSR count). The molecule has 0 amide bonds. The van der Waals surface area contributed by atoms with Crippen LogP contribution in [0.4, 0.5) is 0 Å². The van der Waals surface area contributed by atoms with Crippen LogP contribution < -0.4 is 10.2 Å². The summed E-state index contributed by atoms with van der Waals surface area (Å²) in [6.45, 7) is 4.75. The van der Waals surface area contributed by atoms with Crippen molar-refractivity contribution in [1.82, 2.24) is 4.98 Å². The molecule has 0 radical (unpaired) electrons. The van der Waals surface area contributed by atoms with Crippen LogP contribution >= 0.6 is 11.3 Å². The first-order chi connectivity index (χ1) is 11.0. The SMILES string of the molecule is CC(C)CCOc1c[nH]c(COC(=O)Cc2cccs2)cc1=O. The van der Waals surface area contributed by atoms with Crippen molar-refractivity contribution in [2.24, 2.45) is 5.92 Å². The van der Waals surface area contributed by atoms with Crippen molar-refractivity contribution in [3.63, 3.8) is 0 Å². The first-order valence-electron chi connectivity index (χ1n) is 7.57. The number of pyridine rings is 1. The average Bonchev–Trinajstić information content (AvgIpc) is 2.99. The van der Waals surface area contributed by atoms with Gasteiger partial charge in [-0.2, -0.15) is 0 Å². The number of hydrogen-bond donors (Lipinski definition) is 1. The van der Waals surface area contributed by atoms with Crippen molar-refractivity contribution in [3.8, 4) is 5.75 Å². The summed E-state index contributed by atoms with van der Waals surface area (Å²) >= 11 is 1.51. The Morgan fingerprint density at radius 3 is 2.87 bits per heavy atom. The van der Waals surface area contributed by atoms with Gasteiger partial charge in [0.1, 0.15) is 6.61 Å². The van der Waals surface area contributed by atoms with Gasteiger partial charge in [0.2, 0.25) is 5.43 Å². The van der Waals surface area contributed by atoms with Gasteiger partial charge >= 0.3 is 5.97 Å². The molecule has 0 atom stereocenters. The van der Waals surface area contributed by atoms with E-state index in [1.807, 2.05) is 17.5 Å². The Hall–Kier alpha value is -2.08. The van der Waals surface area contributed by atoms with E-state index in [-0.39, 0.29) is 24.4 Å². The van der Waals surface area contributed by atoms with Crippen LogP contribution in [0, 0.1) is 5.92 Å². The number of hydrogen-bond acceptors (Lipinski definition) is 5. The molecule has 0 fully saturated rings. The summed E-state index contributed by atoms with van der Waals surface area (Å²) in [5.41, 5.74) is 0.336. The normalized spacial score (nSPS) is 10.7. The number of aromatic amines is 1. The molecule has 6 heteroatoms. The number of thiophene rings is 1. The standard InChI is InChI=1S/C17H21NO4S/c1-12(2)5-6-21-16-10-18-13(8-15(16)19)11-22-17(20)9-14-4-3-7-23-14/h3-4,7-8,10,12H,5-6,9,11H2,1-2H3,(H,18,19). The minimum absolute atomic E-state index is 0.0473. The summed E-state index contributed by atoms with van der Waals surface area (Å²) in [6, 6.07) is 5.18. The molecule has 0 saturated carbocycles. The van der Waals surface area contributed by atoms with Gasteiger partial charge in [0.15, 0.2) is 5.75 Å². The Morgan fingerprint density at radius 1 is 1.39 bits per heavy atom. The minimum Gasteiger partial charge on any atom is -0.488 e. The van der Waals surface area contributed by atoms with Crippen molar-refractivity contribution in [2.75, 3.05) is 6.61 Å². The van der Waals surface area contributed by atoms with E-state index in [4.69, 9.17) is 9.47 Å². The summed E-state index contributed by atoms with van der Waals surface area (Å²) in [7, 11) is 0. The monoisotopic (exact) mass is 335 g/mol. The maximum atomic E-state index is 11.9. The highest BCUT2D eigenvalue weighted by atomic mass is 32.1. The van der Waals surface area contributed by atoms with Gasteiger partial charge in [-0.25, -0.2) is 0 Å². The molecule has 0 bridgehead atoms. The van der Waals surface area contributed by atoms with E-state index in [1.54, 1.807) is 0 Å². The topological polar surface area (TPSA) is 68.4 Å². The van der Waals surface area contributed by atoms with Gasteiger partial charge in [0.05, 0.1) is 18.7 Å². The smallest absolute Gasteiger partial charge is 0.311 e. The number of aromatic nitrogens is 1. The van der Waals surface area contributed by atoms with Crippen LogP contribution in [0.25, 0.3) is 0 Å². The lowest BCUT2D eigenvalue weighted by Gasteiger charge is -2.08. The van der Waals surface area contributed by atoms with Crippen molar-refractivity contribution in [2.45, 2.75) is 33.3 Å². The third-order valence-corrected chi connectivity index (χ3v) is 4.05. The zero-order valence-corrected chi connectivity index (χ0v) is 14.2. The number of ether oxygens (including phenoxy) is 2. The third kappa shape index (κ3) is 5.90. The van der Waals surface area contributed by atoms with Gasteiger partial charge < -0.3 is 14.5 Å². The van der Waals surface area contributed by atoms with E-state index in [9.17, 15) is 9.59 Å². The molecule has 0 unspecified atom stereocenters. The Kier molecular flexibility index (Phi) is 6.40. The Balaban J connectivity index is 1.83. The van der Waals surface area contributed by atoms with Crippen LogP contribution in [0.3, 0.4) is 0 Å². The van der Waals surface area contributed by atoms with Gasteiger partial charge in [-0.05, 0) is 23.8 Å². The second-order valence-electron chi connectivity index (χ2n) is 5.63. The van der Waals surface area contributed by atoms with Crippen LogP contribution in [0.2, 0.25) is 0 Å². The number of nitrogens with one attached hydrogen (secondary N) is 1. The maximum absolute atomic E-state index is 11.9. The molecule has 23 heavy (non-hydrogen) atoms. The van der Waals surface area contributed by atoms with Gasteiger partial charge in [0, 0.05) is 17.1 Å². The Morgan fingerprint density at radius 2 is 2.22 bits per heavy atom. The summed E-state index contributed by atoms with van der Waals surface area (Å²) in [5.74, 6) is 0.501. The number of carbonyl (C=O) groups is 1. The third-order valence-electron chi connectivity index (χ3n) is 3.18. The van der Waals surface area contributed by atoms with Gasteiger partial charge in [-0.15, -0.1) is 11.3 Å². The number of esters is 1. The van der Waals surface area contributed by atoms with E-state index in [0.29, 0.717) is 24.0 Å². The minimum atomic E-state index is -0.314. The predicted octanol–water partition coefficient (Wildman–Crippen LogP) is 3.15. The molecule has 0 aliphatic rings. The van der Waals surface area contributed by atoms with Gasteiger partial charge in [0.25, 0.3) is 0 Å². The average molecular weight is 335 g/mol. The molecule has 0 aromatic carbocycles. The summed E-state index contributed by atoms with van der Waals surface area (Å²) in [5, 5.41) is 1.91. The molecule has 124 valence electrons. The Bertz CT molecular complexity index is 676. The molecule has 2 heterocycles. The molecule has 2 aromatic rings. The van der Waals surface area contributed by atoms with Gasteiger partial charge in [-0.1, -0.05) is 19.9 Å². The molecule has 0 saturated heterocycles. The Labute approximate surface area is 139 Å². The number of carbonyl (C=O) groups excluding carboxylic acids is 1. The van der Waals surface area contributed by atoms with Crippen LogP contribution in [0.5, 0.6) is 5.75 Å². The highest BCUT2D eigenvalue weighted by molar-refractivity contribution is 7.10. The second-order valence-corrected chi connectivity index (χ2v) is 6.67. The van der Waals surface area contributed by atoms with Crippen molar-refractivity contribution in [1.29, 1.82) is 0 Å².